The van der Waals surface area contributed by atoms with Gasteiger partial charge in [0.1, 0.15) is 5.82 Å². The predicted octanol–water partition coefficient (Wildman–Crippen LogP) is 4.20. The summed E-state index contributed by atoms with van der Waals surface area (Å²) in [6, 6.07) is 5.56. The summed E-state index contributed by atoms with van der Waals surface area (Å²) in [6.45, 7) is 0. The highest BCUT2D eigenvalue weighted by atomic mass is 79.9. The van der Waals surface area contributed by atoms with E-state index >= 15 is 0 Å². The van der Waals surface area contributed by atoms with Crippen LogP contribution in [0.5, 0.6) is 0 Å². The Bertz CT molecular complexity index is 531. The van der Waals surface area contributed by atoms with Crippen molar-refractivity contribution in [3.05, 3.63) is 34.1 Å². The summed E-state index contributed by atoms with van der Waals surface area (Å²) in [7, 11) is 0. The van der Waals surface area contributed by atoms with E-state index < -0.39 is 5.54 Å². The predicted molar refractivity (Wildman–Crippen MR) is 77.0 cm³/mol. The van der Waals surface area contributed by atoms with E-state index in [4.69, 9.17) is 5.73 Å². The fourth-order valence-corrected chi connectivity index (χ4v) is 5.73. The van der Waals surface area contributed by atoms with Crippen molar-refractivity contribution in [2.75, 3.05) is 0 Å². The van der Waals surface area contributed by atoms with Gasteiger partial charge in [0.2, 0.25) is 0 Å². The lowest BCUT2D eigenvalue weighted by atomic mass is 9.68. The van der Waals surface area contributed by atoms with E-state index in [1.807, 2.05) is 12.1 Å². The molecule has 3 heteroatoms. The Labute approximate surface area is 121 Å². The van der Waals surface area contributed by atoms with E-state index in [2.05, 4.69) is 15.9 Å². The summed E-state index contributed by atoms with van der Waals surface area (Å²) in [4.78, 5) is 0. The Morgan fingerprint density at radius 3 is 2.89 bits per heavy atom. The molecule has 0 saturated heterocycles. The van der Waals surface area contributed by atoms with Gasteiger partial charge in [0.25, 0.3) is 0 Å². The van der Waals surface area contributed by atoms with Gasteiger partial charge in [-0.05, 0) is 71.4 Å². The molecular formula is C16H19BrFN. The van der Waals surface area contributed by atoms with Crippen molar-refractivity contribution in [3.63, 3.8) is 0 Å². The molecular weight excluding hydrogens is 305 g/mol. The smallest absolute Gasteiger partial charge is 0.142 e. The molecule has 0 aromatic heterocycles. The topological polar surface area (TPSA) is 26.0 Å². The maximum Gasteiger partial charge on any atom is 0.142 e. The molecule has 0 amide bonds. The molecule has 3 saturated carbocycles. The molecule has 1 aromatic rings. The molecule has 2 N–H and O–H groups in total. The maximum atomic E-state index is 14.4. The first-order valence-corrected chi connectivity index (χ1v) is 8.14. The van der Waals surface area contributed by atoms with E-state index in [9.17, 15) is 4.39 Å². The Morgan fingerprint density at radius 2 is 2.05 bits per heavy atom. The molecule has 5 atom stereocenters. The average Bonchev–Trinajstić information content (AvgIpc) is 3.03. The fraction of sp³-hybridized carbons (Fsp3) is 0.625. The second kappa shape index (κ2) is 4.05. The van der Waals surface area contributed by atoms with Crippen LogP contribution in [0, 0.1) is 29.5 Å². The van der Waals surface area contributed by atoms with Crippen molar-refractivity contribution in [2.45, 2.75) is 37.6 Å². The third-order valence-corrected chi connectivity index (χ3v) is 6.63. The molecule has 102 valence electrons. The van der Waals surface area contributed by atoms with E-state index in [0.717, 1.165) is 29.7 Å². The minimum Gasteiger partial charge on any atom is -0.321 e. The van der Waals surface area contributed by atoms with Crippen molar-refractivity contribution in [2.24, 2.45) is 29.4 Å². The van der Waals surface area contributed by atoms with Gasteiger partial charge in [0.05, 0.1) is 4.47 Å². The zero-order chi connectivity index (χ0) is 13.2. The van der Waals surface area contributed by atoms with E-state index in [-0.39, 0.29) is 5.82 Å². The van der Waals surface area contributed by atoms with Gasteiger partial charge in [-0.3, -0.25) is 0 Å². The van der Waals surface area contributed by atoms with Crippen LogP contribution in [0.4, 0.5) is 4.39 Å². The van der Waals surface area contributed by atoms with Crippen molar-refractivity contribution < 1.29 is 4.39 Å². The third kappa shape index (κ3) is 1.55. The average molecular weight is 324 g/mol. The summed E-state index contributed by atoms with van der Waals surface area (Å²) < 4.78 is 15.0. The first-order valence-electron chi connectivity index (χ1n) is 7.34. The van der Waals surface area contributed by atoms with Crippen molar-refractivity contribution in [1.29, 1.82) is 0 Å². The summed E-state index contributed by atoms with van der Waals surface area (Å²) in [5.41, 5.74) is 7.04. The standard InChI is InChI=1S/C16H19BrFN/c17-14-6-2-5-12(15(14)18)16(19)8-9-7-13(16)11-4-1-3-10(9)11/h2,5-6,9-11,13H,1,3-4,7-8,19H2. The van der Waals surface area contributed by atoms with Crippen LogP contribution in [-0.4, -0.2) is 0 Å². The quantitative estimate of drug-likeness (QED) is 0.823. The third-order valence-electron chi connectivity index (χ3n) is 6.02. The highest BCUT2D eigenvalue weighted by Gasteiger charge is 2.60. The molecule has 19 heavy (non-hydrogen) atoms. The molecule has 3 aliphatic rings. The fourth-order valence-electron chi connectivity index (χ4n) is 5.36. The van der Waals surface area contributed by atoms with Crippen LogP contribution in [0.1, 0.15) is 37.7 Å². The van der Waals surface area contributed by atoms with Gasteiger partial charge in [-0.15, -0.1) is 0 Å². The lowest BCUT2D eigenvalue weighted by Crippen LogP contribution is -2.47. The Morgan fingerprint density at radius 1 is 1.26 bits per heavy atom. The Balaban J connectivity index is 1.77. The highest BCUT2D eigenvalue weighted by Crippen LogP contribution is 2.64. The van der Waals surface area contributed by atoms with E-state index in [0.29, 0.717) is 10.4 Å². The molecule has 1 nitrogen and oxygen atoms in total. The molecule has 2 bridgehead atoms. The first-order chi connectivity index (χ1) is 9.11. The summed E-state index contributed by atoms with van der Waals surface area (Å²) >= 11 is 3.30. The van der Waals surface area contributed by atoms with E-state index in [1.54, 1.807) is 6.07 Å². The maximum absolute atomic E-state index is 14.4. The normalized spacial score (nSPS) is 43.7. The zero-order valence-electron chi connectivity index (χ0n) is 10.9. The van der Waals surface area contributed by atoms with Crippen LogP contribution in [-0.2, 0) is 5.54 Å². The summed E-state index contributed by atoms with van der Waals surface area (Å²) in [5, 5.41) is 0. The number of hydrogen-bond donors (Lipinski definition) is 1. The van der Waals surface area contributed by atoms with Crippen LogP contribution in [0.25, 0.3) is 0 Å². The molecule has 3 fully saturated rings. The van der Waals surface area contributed by atoms with Gasteiger partial charge >= 0.3 is 0 Å². The molecule has 0 heterocycles. The van der Waals surface area contributed by atoms with Crippen LogP contribution in [0.3, 0.4) is 0 Å². The van der Waals surface area contributed by atoms with Gasteiger partial charge in [0.15, 0.2) is 0 Å². The monoisotopic (exact) mass is 323 g/mol. The van der Waals surface area contributed by atoms with Crippen LogP contribution in [0.15, 0.2) is 22.7 Å². The second-order valence-electron chi connectivity index (χ2n) is 6.71. The van der Waals surface area contributed by atoms with Gasteiger partial charge in [-0.2, -0.15) is 0 Å². The SMILES string of the molecule is NC1(c2cccc(Br)c2F)CC2CC1C1CCCC21. The molecule has 0 aliphatic heterocycles. The van der Waals surface area contributed by atoms with Gasteiger partial charge < -0.3 is 5.73 Å². The minimum absolute atomic E-state index is 0.146. The van der Waals surface area contributed by atoms with Crippen molar-refractivity contribution >= 4 is 15.9 Å². The Hall–Kier alpha value is -0.410. The first kappa shape index (κ1) is 12.3. The number of halogens is 2. The summed E-state index contributed by atoms with van der Waals surface area (Å²) in [6.07, 6.45) is 6.23. The number of fused-ring (bicyclic) bond motifs is 5. The lowest BCUT2D eigenvalue weighted by Gasteiger charge is -2.40. The van der Waals surface area contributed by atoms with E-state index in [1.165, 1.54) is 25.7 Å². The number of benzene rings is 1. The molecule has 5 unspecified atom stereocenters. The lowest BCUT2D eigenvalue weighted by molar-refractivity contribution is 0.153. The van der Waals surface area contributed by atoms with Gasteiger partial charge in [-0.1, -0.05) is 18.6 Å². The molecule has 0 spiro atoms. The van der Waals surface area contributed by atoms with Crippen LogP contribution in [0.2, 0.25) is 0 Å². The molecule has 3 aliphatic carbocycles. The van der Waals surface area contributed by atoms with Crippen LogP contribution >= 0.6 is 15.9 Å². The van der Waals surface area contributed by atoms with Gasteiger partial charge in [-0.25, -0.2) is 4.39 Å². The summed E-state index contributed by atoms with van der Waals surface area (Å²) in [5.74, 6) is 2.72. The van der Waals surface area contributed by atoms with Crippen molar-refractivity contribution in [3.8, 4) is 0 Å². The largest absolute Gasteiger partial charge is 0.321 e. The van der Waals surface area contributed by atoms with Crippen molar-refractivity contribution in [1.82, 2.24) is 0 Å². The molecule has 1 aromatic carbocycles. The zero-order valence-corrected chi connectivity index (χ0v) is 12.5. The molecule has 0 radical (unpaired) electrons. The Kier molecular flexibility index (Phi) is 2.63. The second-order valence-corrected chi connectivity index (χ2v) is 7.56. The number of hydrogen-bond acceptors (Lipinski definition) is 1. The van der Waals surface area contributed by atoms with Crippen LogP contribution < -0.4 is 5.73 Å². The minimum atomic E-state index is -0.427. The number of nitrogens with two attached hydrogens (primary N) is 1. The molecule has 4 rings (SSSR count). The highest BCUT2D eigenvalue weighted by molar-refractivity contribution is 9.10. The number of rotatable bonds is 1. The van der Waals surface area contributed by atoms with Gasteiger partial charge in [0, 0.05) is 11.1 Å².